The first kappa shape index (κ1) is 112. The Balaban J connectivity index is 0.972. The third-order valence-electron chi connectivity index (χ3n) is 24.9. The topological polar surface area (TPSA) is 943 Å². The first-order valence-electron chi connectivity index (χ1n) is 43.5. The van der Waals surface area contributed by atoms with E-state index in [1.54, 1.807) is 0 Å². The van der Waals surface area contributed by atoms with Crippen LogP contribution in [0.1, 0.15) is 41.5 Å². The predicted octanol–water partition coefficient (Wildman–Crippen LogP) is -23.1. The van der Waals surface area contributed by atoms with Crippen LogP contribution in [-0.4, -0.2) is 581 Å². The third-order valence-corrected chi connectivity index (χ3v) is 24.9. The molecule has 11 aliphatic heterocycles. The summed E-state index contributed by atoms with van der Waals surface area (Å²) in [7, 11) is 0. The number of carbonyl (C=O) groups is 6. The van der Waals surface area contributed by atoms with E-state index in [1.807, 2.05) is 0 Å². The van der Waals surface area contributed by atoms with Crippen molar-refractivity contribution in [2.24, 2.45) is 0 Å². The van der Waals surface area contributed by atoms with Gasteiger partial charge in [0.1, 0.15) is 256 Å². The highest BCUT2D eigenvalue weighted by Gasteiger charge is 2.63. The van der Waals surface area contributed by atoms with Gasteiger partial charge in [-0.1, -0.05) is 0 Å². The minimum Gasteiger partial charge on any atom is -0.479 e. The van der Waals surface area contributed by atoms with Crippen molar-refractivity contribution in [2.45, 2.75) is 379 Å². The Bertz CT molecular complexity index is 3860. The molecule has 5 amide bonds. The van der Waals surface area contributed by atoms with Crippen molar-refractivity contribution in [3.8, 4) is 0 Å². The fourth-order valence-electron chi connectivity index (χ4n) is 17.7. The maximum absolute atomic E-state index is 13.5. The van der Waals surface area contributed by atoms with Crippen LogP contribution in [0.5, 0.6) is 0 Å². The number of carboxylic acids is 1. The number of carbonyl (C=O) groups excluding carboxylic acids is 5. The van der Waals surface area contributed by atoms with Crippen LogP contribution in [0.3, 0.4) is 0 Å². The molecule has 137 heavy (non-hydrogen) atoms. The van der Waals surface area contributed by atoms with Crippen LogP contribution < -0.4 is 26.6 Å². The molecule has 0 aromatic carbocycles. The average Bonchev–Trinajstić information content (AvgIpc) is 0.755. The van der Waals surface area contributed by atoms with Crippen LogP contribution >= 0.6 is 0 Å². The Morgan fingerprint density at radius 2 is 0.511 bits per heavy atom. The smallest absolute Gasteiger partial charge is 0.335 e. The van der Waals surface area contributed by atoms with Crippen molar-refractivity contribution in [1.29, 1.82) is 0 Å². The van der Waals surface area contributed by atoms with Gasteiger partial charge >= 0.3 is 5.97 Å². The molecule has 11 rings (SSSR count). The minimum absolute atomic E-state index is 0.839. The van der Waals surface area contributed by atoms with Gasteiger partial charge in [0.2, 0.25) is 29.5 Å². The molecule has 61 nitrogen and oxygen atoms in total. The van der Waals surface area contributed by atoms with Gasteiger partial charge in [0.05, 0.1) is 65.6 Å². The van der Waals surface area contributed by atoms with Gasteiger partial charge in [-0.15, -0.1) is 0 Å². The van der Waals surface area contributed by atoms with Gasteiger partial charge in [-0.2, -0.15) is 0 Å². The number of carboxylic acid groups (broad SMARTS) is 1. The number of hydrogen-bond donors (Lipinski definition) is 34. The average molecular weight is 2000 g/mol. The van der Waals surface area contributed by atoms with Gasteiger partial charge < -0.3 is 274 Å². The molecule has 11 saturated heterocycles. The first-order chi connectivity index (χ1) is 64.7. The lowest BCUT2D eigenvalue weighted by molar-refractivity contribution is -0.406. The Hall–Kier alpha value is -5.14. The second-order valence-corrected chi connectivity index (χ2v) is 34.6. The molecule has 11 fully saturated rings. The molecule has 34 N–H and O–H groups in total. The fourth-order valence-corrected chi connectivity index (χ4v) is 17.7. The van der Waals surface area contributed by atoms with E-state index >= 15 is 0 Å². The van der Waals surface area contributed by atoms with Gasteiger partial charge in [0, 0.05) is 34.6 Å². The van der Waals surface area contributed by atoms with Crippen LogP contribution in [0, 0.1) is 0 Å². The molecule has 0 radical (unpaired) electrons. The summed E-state index contributed by atoms with van der Waals surface area (Å²) in [5.41, 5.74) is 0. The molecular formula is C76H125N5O56. The Labute approximate surface area is 774 Å². The van der Waals surface area contributed by atoms with Crippen molar-refractivity contribution < 1.29 is 276 Å². The molecule has 0 aromatic rings. The van der Waals surface area contributed by atoms with E-state index in [2.05, 4.69) is 26.6 Å². The number of hydrogen-bond acceptors (Lipinski definition) is 55. The largest absolute Gasteiger partial charge is 0.479 e. The molecule has 0 bridgehead atoms. The van der Waals surface area contributed by atoms with Crippen LogP contribution in [0.4, 0.5) is 0 Å². The van der Waals surface area contributed by atoms with Gasteiger partial charge in [-0.05, 0) is 6.92 Å². The summed E-state index contributed by atoms with van der Waals surface area (Å²) >= 11 is 0. The van der Waals surface area contributed by atoms with E-state index in [-0.39, 0.29) is 0 Å². The number of aliphatic hydroxyl groups is 28. The van der Waals surface area contributed by atoms with Crippen LogP contribution in [0.2, 0.25) is 0 Å². The molecule has 0 spiro atoms. The monoisotopic (exact) mass is 2000 g/mol. The second kappa shape index (κ2) is 48.7. The summed E-state index contributed by atoms with van der Waals surface area (Å²) in [6, 6.07) is -9.83. The van der Waals surface area contributed by atoms with Crippen molar-refractivity contribution in [3.63, 3.8) is 0 Å². The van der Waals surface area contributed by atoms with E-state index in [9.17, 15) is 177 Å². The lowest BCUT2D eigenvalue weighted by atomic mass is 9.93. The zero-order valence-electron chi connectivity index (χ0n) is 73.6. The number of nitrogens with one attached hydrogen (secondary N) is 5. The summed E-state index contributed by atoms with van der Waals surface area (Å²) in [5, 5.41) is 339. The number of aliphatic hydroxyl groups excluding tert-OH is 28. The Morgan fingerprint density at radius 1 is 0.226 bits per heavy atom. The fraction of sp³-hybridized carbons (Fsp3) is 0.921. The number of ether oxygens (including phenoxy) is 21. The molecule has 11 aliphatic rings. The van der Waals surface area contributed by atoms with E-state index in [0.29, 0.717) is 0 Å². The SMILES string of the molecule is CC(=O)N[C@@H]1[C@@H](O)[C@H](O[C@@H]2O[C@H](CO)[C@@H](O[C@@H]3O[C@H](CO[C@H]4O[C@H](CO)[C@@H](O)[C@H](O)[C@@H]4O[C@@H]4O[C@H](CO)[C@@H](O)[C@H](O)[C@H]4NC(C)=O)[C@@H](O)[C@H](O[C@H]4O[C@H](CO)[C@@H](O[C@@H]5O[C@H](CO)[C@@H](O)[C@H](O)[C@H]5NC(C)=O)[C@H](O)[C@@H]4O[C@@H]4O[C@H](CO)[C@@H](O[C@@H]5O[C@H](CO)[C@H](O)[C@H](O[C@@H]6O[C@H](C(=O)O)[C@@H](O)[C@H](O)[C@H]6O)[C@H]5O)[C@H](O)[C@H]4NC(C)=O)[C@@H]3O)[C@H](O)[C@H]2NC(C)=O)[C@@H](CO[C@@H]2O[C@@H](C)[C@@H](O)[C@@H](O)[C@@H]2O)O[C@H]1O. The quantitative estimate of drug-likeness (QED) is 0.0280. The van der Waals surface area contributed by atoms with E-state index in [1.165, 1.54) is 6.92 Å². The maximum atomic E-state index is 13.5. The highest BCUT2D eigenvalue weighted by Crippen LogP contribution is 2.42. The second-order valence-electron chi connectivity index (χ2n) is 34.6. The van der Waals surface area contributed by atoms with Crippen molar-refractivity contribution in [1.82, 2.24) is 26.6 Å². The highest BCUT2D eigenvalue weighted by atomic mass is 16.8. The molecule has 61 heteroatoms. The van der Waals surface area contributed by atoms with E-state index in [0.717, 1.165) is 34.6 Å². The lowest BCUT2D eigenvalue weighted by Crippen LogP contribution is -2.71. The maximum Gasteiger partial charge on any atom is 0.335 e. The van der Waals surface area contributed by atoms with Crippen LogP contribution in [0.25, 0.3) is 0 Å². The zero-order chi connectivity index (χ0) is 101. The van der Waals surface area contributed by atoms with Gasteiger partial charge in [0.25, 0.3) is 0 Å². The summed E-state index contributed by atoms with van der Waals surface area (Å²) < 4.78 is 126. The summed E-state index contributed by atoms with van der Waals surface area (Å²) in [4.78, 5) is 76.9. The lowest BCUT2D eigenvalue weighted by Gasteiger charge is -2.52. The van der Waals surface area contributed by atoms with Crippen molar-refractivity contribution in [3.05, 3.63) is 0 Å². The molecule has 11 heterocycles. The third kappa shape index (κ3) is 25.0. The molecule has 0 unspecified atom stereocenters. The Kier molecular flexibility index (Phi) is 39.9. The van der Waals surface area contributed by atoms with Crippen molar-refractivity contribution in [2.75, 3.05) is 59.5 Å². The van der Waals surface area contributed by atoms with Crippen molar-refractivity contribution >= 4 is 35.5 Å². The summed E-state index contributed by atoms with van der Waals surface area (Å²) in [6.45, 7) is -4.86. The van der Waals surface area contributed by atoms with Gasteiger partial charge in [0.15, 0.2) is 75.3 Å². The van der Waals surface area contributed by atoms with Crippen LogP contribution in [0.15, 0.2) is 0 Å². The van der Waals surface area contributed by atoms with Gasteiger partial charge in [-0.25, -0.2) is 4.79 Å². The predicted molar refractivity (Wildman–Crippen MR) is 419 cm³/mol. The van der Waals surface area contributed by atoms with Crippen LogP contribution in [-0.2, 0) is 128 Å². The first-order valence-corrected chi connectivity index (χ1v) is 43.5. The molecule has 790 valence electrons. The highest BCUT2D eigenvalue weighted by molar-refractivity contribution is 5.75. The van der Waals surface area contributed by atoms with E-state index in [4.69, 9.17) is 99.5 Å². The molecule has 0 aromatic heterocycles. The summed E-state index contributed by atoms with van der Waals surface area (Å²) in [6.07, 6.45) is -110. The number of aliphatic carboxylic acids is 1. The van der Waals surface area contributed by atoms with Gasteiger partial charge in [-0.3, -0.25) is 24.0 Å². The van der Waals surface area contributed by atoms with E-state index < -0.39 is 432 Å². The number of amides is 5. The zero-order valence-corrected chi connectivity index (χ0v) is 73.6. The molecule has 0 saturated carbocycles. The molecule has 55 atom stereocenters. The standard InChI is InChI=1S/C76H125N5O56/c1-16-36(94)47(105)51(109)71(119-16)117-15-30-59(44(102)31(66(116)120-30)77-17(2)89)130-69-34(80-20(5)92)45(103)57(26(11-86)125-69)132-74-55(113)61(41(99)29(128-74)14-118-75-63(49(107)39(97)24(9-84)124-75)136-68-33(79-19(4)91)43(101)38(96)23(8-83)122-68)134-76-64(53(111)58(28(13-88)127-76)129-67-32(78-18(3)90)42(100)37(95)22(7-82)121-67)137-70-35(81-21(6)93)46(104)56(27(12-87)126-70)131-73-54(112)60(40(98)25(10-85)123-73)133-72-52(110)48(106)50(108)62(135-72)65(114)115/h16,22-64,66-76,82-88,94-113,116H,7-15H2,1-6H3,(H,77,89)(H,78,90)(H,79,91)(H,80,92)(H,81,93)(H,114,115)/t16-,22+,23+,24+,25+,26+,27+,28+,29+,30+,31+,32+,33+,34+,35+,36+,37+,38+,39+,40-,41+,42+,43+,44+,45+,46+,47+,48-,49-,50-,51-,52+,53-,54+,55-,56+,57+,58+,59+,60-,61-,62-,63-,64-,66+,67-,68-,69-,70-,71+,72+,73-,74-,75-,76+/m0/s1. The normalized spacial score (nSPS) is 48.9. The molecular weight excluding hydrogens is 1880 g/mol. The number of rotatable bonds is 35. The molecule has 0 aliphatic carbocycles. The Morgan fingerprint density at radius 3 is 0.942 bits per heavy atom. The minimum atomic E-state index is -2.76. The summed E-state index contributed by atoms with van der Waals surface area (Å²) in [5.74, 6) is -6.77.